The molecule has 0 saturated heterocycles. The van der Waals surface area contributed by atoms with Crippen LogP contribution in [0.4, 0.5) is 4.39 Å². The van der Waals surface area contributed by atoms with Crippen LogP contribution in [-0.2, 0) is 13.0 Å². The Balaban J connectivity index is 2.22. The molecule has 0 aliphatic heterocycles. The van der Waals surface area contributed by atoms with Gasteiger partial charge in [0.25, 0.3) is 0 Å². The number of nitrogens with zero attached hydrogens (tertiary/aromatic N) is 3. The van der Waals surface area contributed by atoms with E-state index in [1.54, 1.807) is 16.8 Å². The van der Waals surface area contributed by atoms with Gasteiger partial charge in [0.05, 0.1) is 5.02 Å². The molecule has 4 nitrogen and oxygen atoms in total. The van der Waals surface area contributed by atoms with Gasteiger partial charge in [0.1, 0.15) is 18.0 Å². The average Bonchev–Trinajstić information content (AvgIpc) is 2.79. The number of hydrogen-bond acceptors (Lipinski definition) is 3. The summed E-state index contributed by atoms with van der Waals surface area (Å²) in [6, 6.07) is 4.24. The van der Waals surface area contributed by atoms with Gasteiger partial charge in [0, 0.05) is 19.0 Å². The van der Waals surface area contributed by atoms with Crippen molar-refractivity contribution in [2.75, 3.05) is 0 Å². The third-order valence-corrected chi connectivity index (χ3v) is 3.18. The molecule has 0 fully saturated rings. The fourth-order valence-corrected chi connectivity index (χ4v) is 2.09. The van der Waals surface area contributed by atoms with Gasteiger partial charge in [-0.2, -0.15) is 5.10 Å². The van der Waals surface area contributed by atoms with Gasteiger partial charge in [-0.25, -0.2) is 9.37 Å². The lowest BCUT2D eigenvalue weighted by Gasteiger charge is -2.13. The van der Waals surface area contributed by atoms with Gasteiger partial charge in [-0.3, -0.25) is 4.68 Å². The van der Waals surface area contributed by atoms with E-state index in [0.717, 1.165) is 12.4 Å². The van der Waals surface area contributed by atoms with Crippen LogP contribution in [0.25, 0.3) is 0 Å². The number of benzene rings is 1. The zero-order valence-electron chi connectivity index (χ0n) is 9.98. The van der Waals surface area contributed by atoms with Gasteiger partial charge in [-0.05, 0) is 18.6 Å². The van der Waals surface area contributed by atoms with Crippen molar-refractivity contribution in [3.63, 3.8) is 0 Å². The Labute approximate surface area is 110 Å². The molecule has 1 heterocycles. The minimum atomic E-state index is -0.457. The molecule has 0 amide bonds. The van der Waals surface area contributed by atoms with E-state index in [4.69, 9.17) is 17.3 Å². The van der Waals surface area contributed by atoms with Crippen LogP contribution < -0.4 is 5.73 Å². The smallest absolute Gasteiger partial charge is 0.142 e. The monoisotopic (exact) mass is 268 g/mol. The molecule has 1 atom stereocenters. The molecule has 1 aromatic heterocycles. The molecule has 2 aromatic rings. The van der Waals surface area contributed by atoms with Crippen molar-refractivity contribution in [3.05, 3.63) is 46.8 Å². The number of aryl methyl sites for hydroxylation is 1. The molecular weight excluding hydrogens is 255 g/mol. The third kappa shape index (κ3) is 2.52. The van der Waals surface area contributed by atoms with Gasteiger partial charge >= 0.3 is 0 Å². The highest BCUT2D eigenvalue weighted by atomic mass is 35.5. The molecule has 0 radical (unpaired) electrons. The molecule has 2 N–H and O–H groups in total. The Kier molecular flexibility index (Phi) is 3.93. The molecule has 2 rings (SSSR count). The zero-order valence-corrected chi connectivity index (χ0v) is 10.7. The van der Waals surface area contributed by atoms with E-state index in [1.807, 2.05) is 6.92 Å². The van der Waals surface area contributed by atoms with Crippen LogP contribution in [0.2, 0.25) is 5.02 Å². The minimum Gasteiger partial charge on any atom is -0.324 e. The van der Waals surface area contributed by atoms with Crippen molar-refractivity contribution in [3.8, 4) is 0 Å². The second kappa shape index (κ2) is 5.46. The predicted molar refractivity (Wildman–Crippen MR) is 67.7 cm³/mol. The predicted octanol–water partition coefficient (Wildman–Crippen LogP) is 2.33. The van der Waals surface area contributed by atoms with Crippen molar-refractivity contribution >= 4 is 11.6 Å². The summed E-state index contributed by atoms with van der Waals surface area (Å²) in [6.07, 6.45) is 1.95. The molecule has 0 saturated carbocycles. The maximum Gasteiger partial charge on any atom is 0.142 e. The van der Waals surface area contributed by atoms with Crippen molar-refractivity contribution in [1.29, 1.82) is 0 Å². The number of rotatable bonds is 4. The van der Waals surface area contributed by atoms with E-state index in [-0.39, 0.29) is 5.02 Å². The summed E-state index contributed by atoms with van der Waals surface area (Å²) in [5, 5.41) is 4.14. The number of hydrogen-bond donors (Lipinski definition) is 1. The topological polar surface area (TPSA) is 56.7 Å². The van der Waals surface area contributed by atoms with E-state index < -0.39 is 11.9 Å². The lowest BCUT2D eigenvalue weighted by Crippen LogP contribution is -2.17. The Hall–Kier alpha value is -1.46. The number of nitrogens with two attached hydrogens (primary N) is 1. The molecule has 0 bridgehead atoms. The molecule has 1 unspecified atom stereocenters. The molecule has 0 aliphatic carbocycles. The summed E-state index contributed by atoms with van der Waals surface area (Å²) < 4.78 is 15.1. The molecule has 0 spiro atoms. The molecule has 6 heteroatoms. The molecule has 1 aromatic carbocycles. The summed E-state index contributed by atoms with van der Waals surface area (Å²) in [5.41, 5.74) is 6.63. The standard InChI is InChI=1S/C12H14ClFN4/c1-2-18-11(16-7-17-18)6-10(15)8-4-3-5-9(14)12(8)13/h3-5,7,10H,2,6,15H2,1H3. The quantitative estimate of drug-likeness (QED) is 0.926. The summed E-state index contributed by atoms with van der Waals surface area (Å²) >= 11 is 5.90. The first-order valence-corrected chi connectivity index (χ1v) is 6.07. The molecular formula is C12H14ClFN4. The van der Waals surface area contributed by atoms with Crippen LogP contribution in [0, 0.1) is 5.82 Å². The van der Waals surface area contributed by atoms with Gasteiger partial charge in [0.15, 0.2) is 0 Å². The maximum absolute atomic E-state index is 13.3. The first-order valence-electron chi connectivity index (χ1n) is 5.69. The second-order valence-electron chi connectivity index (χ2n) is 3.95. The van der Waals surface area contributed by atoms with E-state index in [0.29, 0.717) is 12.0 Å². The third-order valence-electron chi connectivity index (χ3n) is 2.78. The lowest BCUT2D eigenvalue weighted by atomic mass is 10.0. The minimum absolute atomic E-state index is 0.0764. The van der Waals surface area contributed by atoms with Gasteiger partial charge < -0.3 is 5.73 Å². The fraction of sp³-hybridized carbons (Fsp3) is 0.333. The molecule has 96 valence electrons. The Morgan fingerprint density at radius 1 is 1.50 bits per heavy atom. The SMILES string of the molecule is CCn1ncnc1CC(N)c1cccc(F)c1Cl. The first-order chi connectivity index (χ1) is 8.63. The largest absolute Gasteiger partial charge is 0.324 e. The van der Waals surface area contributed by atoms with Crippen molar-refractivity contribution in [1.82, 2.24) is 14.8 Å². The Morgan fingerprint density at radius 3 is 3.00 bits per heavy atom. The molecule has 0 aliphatic rings. The van der Waals surface area contributed by atoms with Crippen molar-refractivity contribution in [2.24, 2.45) is 5.73 Å². The number of halogens is 2. The summed E-state index contributed by atoms with van der Waals surface area (Å²) in [5.74, 6) is 0.312. The highest BCUT2D eigenvalue weighted by molar-refractivity contribution is 6.31. The van der Waals surface area contributed by atoms with Crippen molar-refractivity contribution in [2.45, 2.75) is 25.9 Å². The van der Waals surface area contributed by atoms with Crippen LogP contribution in [0.1, 0.15) is 24.4 Å². The lowest BCUT2D eigenvalue weighted by molar-refractivity contribution is 0.576. The zero-order chi connectivity index (χ0) is 13.1. The Morgan fingerprint density at radius 2 is 2.28 bits per heavy atom. The second-order valence-corrected chi connectivity index (χ2v) is 4.32. The highest BCUT2D eigenvalue weighted by Crippen LogP contribution is 2.25. The van der Waals surface area contributed by atoms with E-state index in [1.165, 1.54) is 12.4 Å². The van der Waals surface area contributed by atoms with E-state index in [2.05, 4.69) is 10.1 Å². The van der Waals surface area contributed by atoms with E-state index >= 15 is 0 Å². The molecule has 18 heavy (non-hydrogen) atoms. The first kappa shape index (κ1) is 13.0. The summed E-state index contributed by atoms with van der Waals surface area (Å²) in [4.78, 5) is 4.14. The Bertz CT molecular complexity index is 541. The van der Waals surface area contributed by atoms with Crippen LogP contribution in [-0.4, -0.2) is 14.8 Å². The van der Waals surface area contributed by atoms with Crippen LogP contribution in [0.3, 0.4) is 0 Å². The highest BCUT2D eigenvalue weighted by Gasteiger charge is 2.16. The normalized spacial score (nSPS) is 12.7. The van der Waals surface area contributed by atoms with Gasteiger partial charge in [0.2, 0.25) is 0 Å². The van der Waals surface area contributed by atoms with Crippen molar-refractivity contribution < 1.29 is 4.39 Å². The average molecular weight is 269 g/mol. The van der Waals surface area contributed by atoms with Crippen LogP contribution in [0.5, 0.6) is 0 Å². The van der Waals surface area contributed by atoms with Crippen LogP contribution in [0.15, 0.2) is 24.5 Å². The summed E-state index contributed by atoms with van der Waals surface area (Å²) in [6.45, 7) is 2.69. The van der Waals surface area contributed by atoms with Gasteiger partial charge in [-0.1, -0.05) is 23.7 Å². The fourth-order valence-electron chi connectivity index (χ4n) is 1.82. The summed E-state index contributed by atoms with van der Waals surface area (Å²) in [7, 11) is 0. The van der Waals surface area contributed by atoms with E-state index in [9.17, 15) is 4.39 Å². The maximum atomic E-state index is 13.3. The number of aromatic nitrogens is 3. The van der Waals surface area contributed by atoms with Crippen LogP contribution >= 0.6 is 11.6 Å². The van der Waals surface area contributed by atoms with Gasteiger partial charge in [-0.15, -0.1) is 0 Å².